The van der Waals surface area contributed by atoms with Gasteiger partial charge < -0.3 is 24.3 Å². The number of benzene rings is 2. The number of hydrogen-bond donors (Lipinski definition) is 1. The molecule has 1 amide bonds. The Hall–Kier alpha value is -3.04. The van der Waals surface area contributed by atoms with Crippen LogP contribution in [-0.4, -0.2) is 45.2 Å². The van der Waals surface area contributed by atoms with Gasteiger partial charge in [0.15, 0.2) is 28.7 Å². The van der Waals surface area contributed by atoms with Crippen molar-refractivity contribution in [3.05, 3.63) is 34.3 Å². The van der Waals surface area contributed by atoms with E-state index in [1.807, 2.05) is 6.92 Å². The number of carbonyl (C=O) groups excluding carboxylic acids is 2. The van der Waals surface area contributed by atoms with Crippen molar-refractivity contribution in [1.82, 2.24) is 0 Å². The minimum Gasteiger partial charge on any atom is -0.494 e. The van der Waals surface area contributed by atoms with Crippen LogP contribution in [0.25, 0.3) is 0 Å². The molecule has 0 saturated carbocycles. The second-order valence-electron chi connectivity index (χ2n) is 6.47. The van der Waals surface area contributed by atoms with E-state index in [2.05, 4.69) is 15.5 Å². The number of hydrogen-bond acceptors (Lipinski definition) is 8. The maximum Gasteiger partial charge on any atom is 0.258 e. The van der Waals surface area contributed by atoms with Gasteiger partial charge in [0.1, 0.15) is 10.8 Å². The van der Waals surface area contributed by atoms with Gasteiger partial charge in [0.05, 0.1) is 38.1 Å². The van der Waals surface area contributed by atoms with Crippen LogP contribution in [-0.2, 0) is 9.59 Å². The number of nitrogens with zero attached hydrogens (tertiary/aromatic N) is 2. The second-order valence-corrected chi connectivity index (χ2v) is 7.25. The number of methoxy groups -OCH3 is 2. The van der Waals surface area contributed by atoms with Crippen molar-refractivity contribution in [3.8, 4) is 23.0 Å². The van der Waals surface area contributed by atoms with Gasteiger partial charge in [0.2, 0.25) is 6.04 Å². The summed E-state index contributed by atoms with van der Waals surface area (Å²) in [5.74, 6) is -0.0569. The third kappa shape index (κ3) is 6.27. The molecule has 0 fully saturated rings. The highest BCUT2D eigenvalue weighted by atomic mass is 35.5. The molecule has 9 nitrogen and oxygen atoms in total. The van der Waals surface area contributed by atoms with Crippen LogP contribution in [0.4, 0.5) is 11.4 Å². The monoisotopic (exact) mass is 497 g/mol. The summed E-state index contributed by atoms with van der Waals surface area (Å²) in [7, 11) is 2.83. The van der Waals surface area contributed by atoms with Crippen LogP contribution in [0.1, 0.15) is 20.8 Å². The molecule has 2 aromatic rings. The number of nitrogens with one attached hydrogen (secondary N) is 1. The molecule has 0 radical (unpaired) electrons. The first kappa shape index (κ1) is 26.2. The predicted molar refractivity (Wildman–Crippen MR) is 126 cm³/mol. The summed E-state index contributed by atoms with van der Waals surface area (Å²) in [4.78, 5) is 25.1. The molecule has 11 heteroatoms. The predicted octanol–water partition coefficient (Wildman–Crippen LogP) is 5.49. The van der Waals surface area contributed by atoms with Gasteiger partial charge in [-0.2, -0.15) is 5.11 Å². The molecule has 1 unspecified atom stereocenters. The topological polar surface area (TPSA) is 108 Å². The largest absolute Gasteiger partial charge is 0.494 e. The molecule has 33 heavy (non-hydrogen) atoms. The standard InChI is InChI=1S/C22H25Cl2N3O6/c1-6-32-16-11-9-14(17(24)21(16)33-7-2)25-22(29)18(12(3)28)26-27-19-15(30-4)10-8-13(23)20(19)31-5/h8-11,18H,6-7H2,1-5H3,(H,25,29). The lowest BCUT2D eigenvalue weighted by atomic mass is 10.2. The van der Waals surface area contributed by atoms with Gasteiger partial charge in [-0.1, -0.05) is 23.2 Å². The average molecular weight is 498 g/mol. The molecule has 0 aliphatic heterocycles. The summed E-state index contributed by atoms with van der Waals surface area (Å²) >= 11 is 12.6. The summed E-state index contributed by atoms with van der Waals surface area (Å²) in [6.45, 7) is 5.59. The molecule has 0 aromatic heterocycles. The summed E-state index contributed by atoms with van der Waals surface area (Å²) < 4.78 is 21.6. The fourth-order valence-electron chi connectivity index (χ4n) is 2.80. The van der Waals surface area contributed by atoms with Gasteiger partial charge in [0.25, 0.3) is 5.91 Å². The number of Topliss-reactive ketones (excluding diaryl/α,β-unsaturated/α-hetero) is 1. The van der Waals surface area contributed by atoms with Crippen molar-refractivity contribution in [2.75, 3.05) is 32.8 Å². The first-order chi connectivity index (χ1) is 15.8. The highest BCUT2D eigenvalue weighted by Gasteiger charge is 2.26. The van der Waals surface area contributed by atoms with Crippen molar-refractivity contribution in [1.29, 1.82) is 0 Å². The Morgan fingerprint density at radius 1 is 0.970 bits per heavy atom. The minimum atomic E-state index is -1.46. The van der Waals surface area contributed by atoms with Crippen LogP contribution in [0.2, 0.25) is 10.0 Å². The lowest BCUT2D eigenvalue weighted by molar-refractivity contribution is -0.126. The number of carbonyl (C=O) groups is 2. The summed E-state index contributed by atoms with van der Waals surface area (Å²) in [6.07, 6.45) is 0. The van der Waals surface area contributed by atoms with Crippen molar-refractivity contribution in [2.45, 2.75) is 26.8 Å². The number of anilines is 1. The number of ketones is 1. The molecule has 178 valence electrons. The van der Waals surface area contributed by atoms with Crippen LogP contribution >= 0.6 is 23.2 Å². The maximum atomic E-state index is 12.9. The van der Waals surface area contributed by atoms with E-state index < -0.39 is 17.7 Å². The molecular weight excluding hydrogens is 473 g/mol. The SMILES string of the molecule is CCOc1ccc(NC(=O)C(N=Nc2c(OC)ccc(Cl)c2OC)C(C)=O)c(Cl)c1OCC. The maximum absolute atomic E-state index is 12.9. The van der Waals surface area contributed by atoms with E-state index in [1.165, 1.54) is 21.1 Å². The third-order valence-electron chi connectivity index (χ3n) is 4.28. The van der Waals surface area contributed by atoms with Gasteiger partial charge in [-0.25, -0.2) is 0 Å². The molecule has 0 saturated heterocycles. The Morgan fingerprint density at radius 3 is 2.21 bits per heavy atom. The quantitative estimate of drug-likeness (QED) is 0.324. The van der Waals surface area contributed by atoms with Crippen LogP contribution < -0.4 is 24.3 Å². The molecule has 1 N–H and O–H groups in total. The Morgan fingerprint density at radius 2 is 1.64 bits per heavy atom. The first-order valence-electron chi connectivity index (χ1n) is 9.99. The second kappa shape index (κ2) is 12.3. The van der Waals surface area contributed by atoms with Gasteiger partial charge in [-0.05, 0) is 45.0 Å². The molecule has 2 rings (SSSR count). The molecule has 2 aromatic carbocycles. The molecule has 0 spiro atoms. The van der Waals surface area contributed by atoms with E-state index in [4.69, 9.17) is 42.1 Å². The summed E-state index contributed by atoms with van der Waals surface area (Å²) in [5.41, 5.74) is 0.372. The van der Waals surface area contributed by atoms with Crippen LogP contribution in [0.3, 0.4) is 0 Å². The zero-order chi connectivity index (χ0) is 24.5. The summed E-state index contributed by atoms with van der Waals surface area (Å²) in [6, 6.07) is 4.83. The van der Waals surface area contributed by atoms with Gasteiger partial charge in [-0.3, -0.25) is 9.59 Å². The van der Waals surface area contributed by atoms with Gasteiger partial charge in [0, 0.05) is 0 Å². The Kier molecular flexibility index (Phi) is 9.74. The van der Waals surface area contributed by atoms with Crippen molar-refractivity contribution >= 4 is 46.3 Å². The first-order valence-corrected chi connectivity index (χ1v) is 10.7. The Labute approximate surface area is 202 Å². The number of azo groups is 1. The number of ether oxygens (including phenoxy) is 4. The Balaban J connectivity index is 2.37. The van der Waals surface area contributed by atoms with Crippen LogP contribution in [0, 0.1) is 0 Å². The summed E-state index contributed by atoms with van der Waals surface area (Å²) in [5, 5.41) is 11.0. The van der Waals surface area contributed by atoms with Gasteiger partial charge >= 0.3 is 0 Å². The smallest absolute Gasteiger partial charge is 0.258 e. The van der Waals surface area contributed by atoms with E-state index in [0.717, 1.165) is 0 Å². The number of amides is 1. The molecule has 0 bridgehead atoms. The van der Waals surface area contributed by atoms with Crippen LogP contribution in [0.15, 0.2) is 34.5 Å². The lowest BCUT2D eigenvalue weighted by Gasteiger charge is -2.16. The van der Waals surface area contributed by atoms with Crippen LogP contribution in [0.5, 0.6) is 23.0 Å². The zero-order valence-electron chi connectivity index (χ0n) is 18.9. The molecule has 0 heterocycles. The van der Waals surface area contributed by atoms with Crippen molar-refractivity contribution in [2.24, 2.45) is 10.2 Å². The molecule has 1 atom stereocenters. The molecular formula is C22H25Cl2N3O6. The van der Waals surface area contributed by atoms with E-state index in [0.29, 0.717) is 24.7 Å². The van der Waals surface area contributed by atoms with Crippen molar-refractivity contribution in [3.63, 3.8) is 0 Å². The average Bonchev–Trinajstić information content (AvgIpc) is 2.78. The fourth-order valence-corrected chi connectivity index (χ4v) is 3.29. The van der Waals surface area contributed by atoms with E-state index >= 15 is 0 Å². The highest BCUT2D eigenvalue weighted by molar-refractivity contribution is 6.35. The third-order valence-corrected chi connectivity index (χ3v) is 4.96. The zero-order valence-corrected chi connectivity index (χ0v) is 20.4. The number of rotatable bonds is 11. The lowest BCUT2D eigenvalue weighted by Crippen LogP contribution is -2.32. The van der Waals surface area contributed by atoms with E-state index in [-0.39, 0.29) is 32.9 Å². The van der Waals surface area contributed by atoms with E-state index in [9.17, 15) is 9.59 Å². The number of halogens is 2. The molecule has 0 aliphatic rings. The van der Waals surface area contributed by atoms with Crippen molar-refractivity contribution < 1.29 is 28.5 Å². The highest BCUT2D eigenvalue weighted by Crippen LogP contribution is 2.43. The fraction of sp³-hybridized carbons (Fsp3) is 0.364. The molecule has 0 aliphatic carbocycles. The minimum absolute atomic E-state index is 0.133. The van der Waals surface area contributed by atoms with E-state index in [1.54, 1.807) is 31.2 Å². The van der Waals surface area contributed by atoms with Gasteiger partial charge in [-0.15, -0.1) is 5.11 Å². The normalized spacial score (nSPS) is 11.7. The Bertz CT molecular complexity index is 1050.